The highest BCUT2D eigenvalue weighted by Gasteiger charge is 1.84. The van der Waals surface area contributed by atoms with Crippen LogP contribution in [0.25, 0.3) is 0 Å². The molecule has 0 aliphatic carbocycles. The van der Waals surface area contributed by atoms with Crippen molar-refractivity contribution in [2.45, 2.75) is 26.2 Å². The Bertz CT molecular complexity index is 115. The smallest absolute Gasteiger partial charge is 0.146 e. The lowest BCUT2D eigenvalue weighted by Gasteiger charge is -2.00. The highest BCUT2D eigenvalue weighted by atomic mass is 35.5. The molecule has 0 atom stereocenters. The summed E-state index contributed by atoms with van der Waals surface area (Å²) < 4.78 is 10.2. The summed E-state index contributed by atoms with van der Waals surface area (Å²) in [7, 11) is 0. The third-order valence-electron chi connectivity index (χ3n) is 1.47. The number of hydrogen-bond acceptors (Lipinski definition) is 2. The summed E-state index contributed by atoms with van der Waals surface area (Å²) in [6.07, 6.45) is 7.34. The summed E-state index contributed by atoms with van der Waals surface area (Å²) in [5, 5.41) is 0. The van der Waals surface area contributed by atoms with E-state index in [2.05, 4.69) is 12.2 Å². The Morgan fingerprint density at radius 3 is 2.62 bits per heavy atom. The minimum absolute atomic E-state index is 0.409. The lowest BCUT2D eigenvalue weighted by molar-refractivity contribution is -0.0476. The van der Waals surface area contributed by atoms with Crippen molar-refractivity contribution in [3.8, 4) is 0 Å². The SMILES string of the molecule is CCOCOCCC=CCCCCl. The maximum absolute atomic E-state index is 5.52. The van der Waals surface area contributed by atoms with E-state index in [1.54, 1.807) is 0 Å². The lowest BCUT2D eigenvalue weighted by atomic mass is 10.3. The molecule has 0 aromatic carbocycles. The average molecular weight is 207 g/mol. The maximum atomic E-state index is 5.52. The Hall–Kier alpha value is -0.0500. The molecule has 0 N–H and O–H groups in total. The number of hydrogen-bond donors (Lipinski definition) is 0. The van der Waals surface area contributed by atoms with E-state index in [1.165, 1.54) is 0 Å². The van der Waals surface area contributed by atoms with Gasteiger partial charge in [0.05, 0.1) is 6.61 Å². The first-order valence-electron chi connectivity index (χ1n) is 4.78. The standard InChI is InChI=1S/C10H19ClO2/c1-2-12-10-13-9-7-5-3-4-6-8-11/h3,5H,2,4,6-10H2,1H3. The minimum Gasteiger partial charge on any atom is -0.356 e. The Morgan fingerprint density at radius 1 is 1.15 bits per heavy atom. The molecule has 2 nitrogen and oxygen atoms in total. The summed E-state index contributed by atoms with van der Waals surface area (Å²) in [6.45, 7) is 3.81. The van der Waals surface area contributed by atoms with Crippen molar-refractivity contribution in [3.05, 3.63) is 12.2 Å². The van der Waals surface area contributed by atoms with Gasteiger partial charge < -0.3 is 9.47 Å². The van der Waals surface area contributed by atoms with Crippen LogP contribution in [0.3, 0.4) is 0 Å². The zero-order valence-corrected chi connectivity index (χ0v) is 9.05. The highest BCUT2D eigenvalue weighted by molar-refractivity contribution is 6.17. The molecule has 0 aliphatic rings. The van der Waals surface area contributed by atoms with E-state index >= 15 is 0 Å². The molecule has 0 fully saturated rings. The van der Waals surface area contributed by atoms with Crippen LogP contribution in [0.1, 0.15) is 26.2 Å². The van der Waals surface area contributed by atoms with Crippen molar-refractivity contribution in [1.29, 1.82) is 0 Å². The molecular weight excluding hydrogens is 188 g/mol. The van der Waals surface area contributed by atoms with Crippen LogP contribution in [0.4, 0.5) is 0 Å². The Kier molecular flexibility index (Phi) is 11.9. The van der Waals surface area contributed by atoms with E-state index in [-0.39, 0.29) is 0 Å². The predicted octanol–water partition coefficient (Wildman–Crippen LogP) is 2.96. The first kappa shape index (κ1) is 12.9. The largest absolute Gasteiger partial charge is 0.356 e. The summed E-state index contributed by atoms with van der Waals surface area (Å²) in [5.74, 6) is 0.741. The number of halogens is 1. The molecule has 3 heteroatoms. The average Bonchev–Trinajstić information content (AvgIpc) is 2.16. The molecule has 0 amide bonds. The highest BCUT2D eigenvalue weighted by Crippen LogP contribution is 1.95. The van der Waals surface area contributed by atoms with Gasteiger partial charge in [0.25, 0.3) is 0 Å². The van der Waals surface area contributed by atoms with Crippen molar-refractivity contribution in [2.24, 2.45) is 0 Å². The second-order valence-corrected chi connectivity index (χ2v) is 2.99. The second kappa shape index (κ2) is 11.9. The Labute approximate surface area is 85.9 Å². The number of ether oxygens (including phenoxy) is 2. The molecule has 13 heavy (non-hydrogen) atoms. The van der Waals surface area contributed by atoms with Gasteiger partial charge in [-0.25, -0.2) is 0 Å². The van der Waals surface area contributed by atoms with Gasteiger partial charge in [-0.3, -0.25) is 0 Å². The first-order chi connectivity index (χ1) is 6.41. The molecule has 0 spiro atoms. The fourth-order valence-electron chi connectivity index (χ4n) is 0.783. The van der Waals surface area contributed by atoms with Gasteiger partial charge in [0, 0.05) is 12.5 Å². The number of alkyl halides is 1. The number of unbranched alkanes of at least 4 members (excludes halogenated alkanes) is 1. The molecular formula is C10H19ClO2. The van der Waals surface area contributed by atoms with Crippen LogP contribution in [-0.4, -0.2) is 25.9 Å². The van der Waals surface area contributed by atoms with Gasteiger partial charge >= 0.3 is 0 Å². The van der Waals surface area contributed by atoms with Crippen LogP contribution in [0, 0.1) is 0 Å². The van der Waals surface area contributed by atoms with Crippen molar-refractivity contribution in [3.63, 3.8) is 0 Å². The van der Waals surface area contributed by atoms with E-state index in [1.807, 2.05) is 6.92 Å². The van der Waals surface area contributed by atoms with Gasteiger partial charge in [-0.2, -0.15) is 0 Å². The summed E-state index contributed by atoms with van der Waals surface area (Å²) in [4.78, 5) is 0. The van der Waals surface area contributed by atoms with Crippen LogP contribution < -0.4 is 0 Å². The number of allylic oxidation sites excluding steroid dienone is 1. The molecule has 0 saturated carbocycles. The van der Waals surface area contributed by atoms with Crippen LogP contribution in [0.5, 0.6) is 0 Å². The van der Waals surface area contributed by atoms with E-state index in [0.717, 1.165) is 31.7 Å². The van der Waals surface area contributed by atoms with Crippen molar-refractivity contribution < 1.29 is 9.47 Å². The van der Waals surface area contributed by atoms with Gasteiger partial charge in [-0.05, 0) is 26.2 Å². The van der Waals surface area contributed by atoms with Gasteiger partial charge in [0.2, 0.25) is 0 Å². The molecule has 0 heterocycles. The van der Waals surface area contributed by atoms with E-state index in [0.29, 0.717) is 13.4 Å². The molecule has 0 saturated heterocycles. The van der Waals surface area contributed by atoms with Crippen molar-refractivity contribution in [1.82, 2.24) is 0 Å². The lowest BCUT2D eigenvalue weighted by Crippen LogP contribution is -1.99. The summed E-state index contributed by atoms with van der Waals surface area (Å²) in [6, 6.07) is 0. The summed E-state index contributed by atoms with van der Waals surface area (Å²) >= 11 is 5.52. The maximum Gasteiger partial charge on any atom is 0.146 e. The fourth-order valence-corrected chi connectivity index (χ4v) is 0.938. The minimum atomic E-state index is 0.409. The molecule has 0 aromatic rings. The van der Waals surface area contributed by atoms with Crippen molar-refractivity contribution in [2.75, 3.05) is 25.9 Å². The quantitative estimate of drug-likeness (QED) is 0.250. The Morgan fingerprint density at radius 2 is 1.92 bits per heavy atom. The van der Waals surface area contributed by atoms with E-state index < -0.39 is 0 Å². The zero-order chi connectivity index (χ0) is 9.78. The van der Waals surface area contributed by atoms with Crippen LogP contribution >= 0.6 is 11.6 Å². The Balaban J connectivity index is 2.93. The van der Waals surface area contributed by atoms with Gasteiger partial charge in [0.1, 0.15) is 6.79 Å². The van der Waals surface area contributed by atoms with E-state index in [9.17, 15) is 0 Å². The molecule has 78 valence electrons. The normalized spacial score (nSPS) is 11.2. The van der Waals surface area contributed by atoms with Crippen LogP contribution in [0.2, 0.25) is 0 Å². The predicted molar refractivity (Wildman–Crippen MR) is 56.2 cm³/mol. The zero-order valence-electron chi connectivity index (χ0n) is 8.30. The molecule has 0 radical (unpaired) electrons. The third-order valence-corrected chi connectivity index (χ3v) is 1.74. The molecule has 0 bridgehead atoms. The topological polar surface area (TPSA) is 18.5 Å². The van der Waals surface area contributed by atoms with Gasteiger partial charge in [0.15, 0.2) is 0 Å². The monoisotopic (exact) mass is 206 g/mol. The fraction of sp³-hybridized carbons (Fsp3) is 0.800. The number of rotatable bonds is 9. The molecule has 0 aromatic heterocycles. The van der Waals surface area contributed by atoms with Crippen LogP contribution in [-0.2, 0) is 9.47 Å². The van der Waals surface area contributed by atoms with Crippen molar-refractivity contribution >= 4 is 11.6 Å². The molecule has 0 rings (SSSR count). The van der Waals surface area contributed by atoms with Crippen LogP contribution in [0.15, 0.2) is 12.2 Å². The molecule has 0 unspecified atom stereocenters. The third kappa shape index (κ3) is 12.0. The summed E-state index contributed by atoms with van der Waals surface area (Å²) in [5.41, 5.74) is 0. The van der Waals surface area contributed by atoms with E-state index in [4.69, 9.17) is 21.1 Å². The van der Waals surface area contributed by atoms with Gasteiger partial charge in [-0.15, -0.1) is 11.6 Å². The first-order valence-corrected chi connectivity index (χ1v) is 5.31. The van der Waals surface area contributed by atoms with Gasteiger partial charge in [-0.1, -0.05) is 12.2 Å². The molecule has 0 aliphatic heterocycles. The second-order valence-electron chi connectivity index (χ2n) is 2.61.